The summed E-state index contributed by atoms with van der Waals surface area (Å²) in [7, 11) is 3.81. The second kappa shape index (κ2) is 8.54. The van der Waals surface area contributed by atoms with Crippen molar-refractivity contribution in [3.8, 4) is 0 Å². The van der Waals surface area contributed by atoms with E-state index < -0.39 is 0 Å². The van der Waals surface area contributed by atoms with Gasteiger partial charge in [-0.2, -0.15) is 0 Å². The number of pyridine rings is 1. The summed E-state index contributed by atoms with van der Waals surface area (Å²) in [6, 6.07) is 15.5. The molecule has 7 heteroatoms. The first-order valence-corrected chi connectivity index (χ1v) is 8.91. The van der Waals surface area contributed by atoms with Gasteiger partial charge in [0, 0.05) is 37.2 Å². The van der Waals surface area contributed by atoms with Crippen LogP contribution in [0.3, 0.4) is 0 Å². The Morgan fingerprint density at radius 1 is 0.929 bits per heavy atom. The van der Waals surface area contributed by atoms with E-state index in [2.05, 4.69) is 15.6 Å². The van der Waals surface area contributed by atoms with E-state index in [1.54, 1.807) is 48.7 Å². The summed E-state index contributed by atoms with van der Waals surface area (Å²) in [4.78, 5) is 31.0. The first kappa shape index (κ1) is 19.4. The Labute approximate surface area is 168 Å². The molecule has 0 unspecified atom stereocenters. The monoisotopic (exact) mass is 394 g/mol. The maximum absolute atomic E-state index is 12.6. The van der Waals surface area contributed by atoms with Crippen molar-refractivity contribution in [2.24, 2.45) is 0 Å². The smallest absolute Gasteiger partial charge is 0.257 e. The molecule has 0 saturated carbocycles. The van der Waals surface area contributed by atoms with Crippen LogP contribution in [0.2, 0.25) is 5.02 Å². The van der Waals surface area contributed by atoms with E-state index in [4.69, 9.17) is 11.6 Å². The first-order chi connectivity index (χ1) is 13.4. The maximum Gasteiger partial charge on any atom is 0.257 e. The quantitative estimate of drug-likeness (QED) is 0.676. The average Bonchev–Trinajstić information content (AvgIpc) is 2.70. The van der Waals surface area contributed by atoms with Gasteiger partial charge in [-0.1, -0.05) is 17.7 Å². The fourth-order valence-electron chi connectivity index (χ4n) is 2.54. The molecule has 2 amide bonds. The Kier molecular flexibility index (Phi) is 5.91. The number of rotatable bonds is 5. The standard InChI is InChI=1S/C21H19ClN4O2/c1-26(2)17-7-3-5-14(11-17)20(27)24-15-8-9-19(22)18(12-15)21(28)25-16-6-4-10-23-13-16/h3-13H,1-2H3,(H,24,27)(H,25,28). The van der Waals surface area contributed by atoms with Crippen molar-refractivity contribution in [2.75, 3.05) is 29.6 Å². The predicted octanol–water partition coefficient (Wildman–Crippen LogP) is 4.31. The summed E-state index contributed by atoms with van der Waals surface area (Å²) < 4.78 is 0. The van der Waals surface area contributed by atoms with Crippen molar-refractivity contribution >= 4 is 40.5 Å². The molecule has 1 aromatic heterocycles. The van der Waals surface area contributed by atoms with Gasteiger partial charge in [-0.15, -0.1) is 0 Å². The third-order valence-corrected chi connectivity index (χ3v) is 4.34. The lowest BCUT2D eigenvalue weighted by Crippen LogP contribution is -2.16. The van der Waals surface area contributed by atoms with E-state index in [1.807, 2.05) is 31.1 Å². The fourth-order valence-corrected chi connectivity index (χ4v) is 2.74. The van der Waals surface area contributed by atoms with Gasteiger partial charge in [0.05, 0.1) is 22.5 Å². The lowest BCUT2D eigenvalue weighted by Gasteiger charge is -2.14. The molecule has 2 N–H and O–H groups in total. The molecule has 0 fully saturated rings. The molecule has 0 aliphatic heterocycles. The van der Waals surface area contributed by atoms with Crippen molar-refractivity contribution in [3.05, 3.63) is 83.1 Å². The Bertz CT molecular complexity index is 1010. The summed E-state index contributed by atoms with van der Waals surface area (Å²) >= 11 is 6.17. The van der Waals surface area contributed by atoms with Crippen molar-refractivity contribution in [1.82, 2.24) is 4.98 Å². The predicted molar refractivity (Wildman–Crippen MR) is 112 cm³/mol. The van der Waals surface area contributed by atoms with Crippen molar-refractivity contribution in [2.45, 2.75) is 0 Å². The zero-order valence-electron chi connectivity index (χ0n) is 15.4. The Balaban J connectivity index is 1.78. The van der Waals surface area contributed by atoms with Crippen LogP contribution in [0.5, 0.6) is 0 Å². The van der Waals surface area contributed by atoms with Gasteiger partial charge >= 0.3 is 0 Å². The van der Waals surface area contributed by atoms with Crippen LogP contribution in [0.25, 0.3) is 0 Å². The minimum Gasteiger partial charge on any atom is -0.378 e. The second-order valence-corrected chi connectivity index (χ2v) is 6.70. The van der Waals surface area contributed by atoms with Crippen LogP contribution in [0.15, 0.2) is 67.0 Å². The van der Waals surface area contributed by atoms with E-state index in [0.717, 1.165) is 5.69 Å². The molecule has 142 valence electrons. The average molecular weight is 395 g/mol. The van der Waals surface area contributed by atoms with Gasteiger partial charge < -0.3 is 15.5 Å². The Hall–Kier alpha value is -3.38. The highest BCUT2D eigenvalue weighted by molar-refractivity contribution is 6.34. The van der Waals surface area contributed by atoms with Crippen LogP contribution in [0, 0.1) is 0 Å². The van der Waals surface area contributed by atoms with Gasteiger partial charge in [-0.05, 0) is 48.5 Å². The van der Waals surface area contributed by atoms with Gasteiger partial charge in [0.15, 0.2) is 0 Å². The van der Waals surface area contributed by atoms with E-state index in [1.165, 1.54) is 6.20 Å². The van der Waals surface area contributed by atoms with Crippen molar-refractivity contribution in [3.63, 3.8) is 0 Å². The Morgan fingerprint density at radius 2 is 1.71 bits per heavy atom. The van der Waals surface area contributed by atoms with E-state index >= 15 is 0 Å². The van der Waals surface area contributed by atoms with Crippen LogP contribution in [-0.2, 0) is 0 Å². The van der Waals surface area contributed by atoms with Gasteiger partial charge in [-0.25, -0.2) is 0 Å². The number of carbonyl (C=O) groups is 2. The number of nitrogens with zero attached hydrogens (tertiary/aromatic N) is 2. The molecule has 1 heterocycles. The molecular weight excluding hydrogens is 376 g/mol. The summed E-state index contributed by atoms with van der Waals surface area (Å²) in [5.74, 6) is -0.659. The summed E-state index contributed by atoms with van der Waals surface area (Å²) in [5.41, 5.74) is 2.72. The van der Waals surface area contributed by atoms with Gasteiger partial charge in [0.1, 0.15) is 0 Å². The van der Waals surface area contributed by atoms with Crippen LogP contribution in [0.1, 0.15) is 20.7 Å². The number of benzene rings is 2. The van der Waals surface area contributed by atoms with Gasteiger partial charge in [0.2, 0.25) is 0 Å². The van der Waals surface area contributed by atoms with E-state index in [0.29, 0.717) is 16.9 Å². The topological polar surface area (TPSA) is 74.3 Å². The molecule has 6 nitrogen and oxygen atoms in total. The minimum absolute atomic E-state index is 0.255. The maximum atomic E-state index is 12.6. The summed E-state index contributed by atoms with van der Waals surface area (Å²) in [6.07, 6.45) is 3.15. The highest BCUT2D eigenvalue weighted by Crippen LogP contribution is 2.23. The number of carbonyl (C=O) groups excluding carboxylic acids is 2. The lowest BCUT2D eigenvalue weighted by molar-refractivity contribution is 0.101. The molecule has 3 aromatic rings. The van der Waals surface area contributed by atoms with E-state index in [-0.39, 0.29) is 22.4 Å². The molecule has 3 rings (SSSR count). The third-order valence-electron chi connectivity index (χ3n) is 4.01. The van der Waals surface area contributed by atoms with Crippen LogP contribution >= 0.6 is 11.6 Å². The van der Waals surface area contributed by atoms with Crippen molar-refractivity contribution in [1.29, 1.82) is 0 Å². The highest BCUT2D eigenvalue weighted by Gasteiger charge is 2.14. The normalized spacial score (nSPS) is 10.2. The highest BCUT2D eigenvalue weighted by atomic mass is 35.5. The molecule has 2 aromatic carbocycles. The zero-order valence-corrected chi connectivity index (χ0v) is 16.2. The number of nitrogens with one attached hydrogen (secondary N) is 2. The first-order valence-electron chi connectivity index (χ1n) is 8.54. The third kappa shape index (κ3) is 4.66. The minimum atomic E-state index is -0.385. The number of aromatic nitrogens is 1. The van der Waals surface area contributed by atoms with Crippen LogP contribution < -0.4 is 15.5 Å². The number of halogens is 1. The molecule has 28 heavy (non-hydrogen) atoms. The molecular formula is C21H19ClN4O2. The van der Waals surface area contributed by atoms with Crippen LogP contribution in [0.4, 0.5) is 17.1 Å². The second-order valence-electron chi connectivity index (χ2n) is 6.29. The van der Waals surface area contributed by atoms with Crippen molar-refractivity contribution < 1.29 is 9.59 Å². The largest absolute Gasteiger partial charge is 0.378 e. The number of hydrogen-bond acceptors (Lipinski definition) is 4. The Morgan fingerprint density at radius 3 is 2.43 bits per heavy atom. The summed E-state index contributed by atoms with van der Waals surface area (Å²) in [6.45, 7) is 0. The zero-order chi connectivity index (χ0) is 20.1. The number of amides is 2. The fraction of sp³-hybridized carbons (Fsp3) is 0.0952. The number of anilines is 3. The van der Waals surface area contributed by atoms with Gasteiger partial charge in [0.25, 0.3) is 11.8 Å². The molecule has 0 spiro atoms. The van der Waals surface area contributed by atoms with E-state index in [9.17, 15) is 9.59 Å². The summed E-state index contributed by atoms with van der Waals surface area (Å²) in [5, 5.41) is 5.82. The molecule has 0 radical (unpaired) electrons. The lowest BCUT2D eigenvalue weighted by atomic mass is 10.1. The van der Waals surface area contributed by atoms with Crippen LogP contribution in [-0.4, -0.2) is 30.9 Å². The molecule has 0 saturated heterocycles. The molecule has 0 bridgehead atoms. The molecule has 0 aliphatic carbocycles. The number of hydrogen-bond donors (Lipinski definition) is 2. The molecule has 0 atom stereocenters. The SMILES string of the molecule is CN(C)c1cccc(C(=O)Nc2ccc(Cl)c(C(=O)Nc3cccnc3)c2)c1. The molecule has 0 aliphatic rings. The van der Waals surface area contributed by atoms with Gasteiger partial charge in [-0.3, -0.25) is 14.6 Å².